The van der Waals surface area contributed by atoms with Crippen molar-refractivity contribution in [2.24, 2.45) is 5.92 Å². The molecule has 0 atom stereocenters. The molecule has 0 aromatic heterocycles. The number of likely N-dealkylation sites (N-methyl/N-ethyl adjacent to an activating group) is 1. The average Bonchev–Trinajstić information content (AvgIpc) is 1.99. The molecule has 0 bridgehead atoms. The van der Waals surface area contributed by atoms with Crippen molar-refractivity contribution < 1.29 is 9.90 Å². The Hall–Kier alpha value is -0.570. The van der Waals surface area contributed by atoms with E-state index in [0.717, 1.165) is 13.0 Å². The lowest BCUT2D eigenvalue weighted by Crippen LogP contribution is -2.48. The molecule has 0 heterocycles. The molecule has 0 fully saturated rings. The van der Waals surface area contributed by atoms with Crippen LogP contribution in [0.2, 0.25) is 0 Å². The first-order chi connectivity index (χ1) is 5.78. The summed E-state index contributed by atoms with van der Waals surface area (Å²) in [6.07, 6.45) is 1.03. The highest BCUT2D eigenvalue weighted by molar-refractivity contribution is 5.77. The summed E-state index contributed by atoms with van der Waals surface area (Å²) in [6.45, 7) is 8.57. The molecule has 0 rings (SSSR count). The molecule has 0 aliphatic carbocycles. The van der Waals surface area contributed by atoms with E-state index < -0.39 is 11.5 Å². The van der Waals surface area contributed by atoms with E-state index in [4.69, 9.17) is 5.11 Å². The predicted molar refractivity (Wildman–Crippen MR) is 53.8 cm³/mol. The molecule has 0 aliphatic rings. The van der Waals surface area contributed by atoms with Crippen molar-refractivity contribution >= 4 is 5.97 Å². The molecule has 3 nitrogen and oxygen atoms in total. The molecule has 0 saturated carbocycles. The van der Waals surface area contributed by atoms with Gasteiger partial charge in [-0.05, 0) is 39.8 Å². The van der Waals surface area contributed by atoms with E-state index in [2.05, 4.69) is 13.8 Å². The highest BCUT2D eigenvalue weighted by Crippen LogP contribution is 2.14. The van der Waals surface area contributed by atoms with Gasteiger partial charge in [0.2, 0.25) is 0 Å². The zero-order chi connectivity index (χ0) is 10.6. The van der Waals surface area contributed by atoms with E-state index in [1.807, 2.05) is 11.9 Å². The van der Waals surface area contributed by atoms with Crippen molar-refractivity contribution in [2.75, 3.05) is 13.6 Å². The highest BCUT2D eigenvalue weighted by atomic mass is 16.4. The lowest BCUT2D eigenvalue weighted by Gasteiger charge is -2.31. The van der Waals surface area contributed by atoms with Gasteiger partial charge >= 0.3 is 5.97 Å². The Morgan fingerprint density at radius 1 is 1.46 bits per heavy atom. The van der Waals surface area contributed by atoms with Crippen LogP contribution in [0, 0.1) is 5.92 Å². The zero-order valence-electron chi connectivity index (χ0n) is 9.29. The van der Waals surface area contributed by atoms with Crippen LogP contribution in [0.25, 0.3) is 0 Å². The fraction of sp³-hybridized carbons (Fsp3) is 0.900. The van der Waals surface area contributed by atoms with Gasteiger partial charge in [0.25, 0.3) is 0 Å². The average molecular weight is 187 g/mol. The number of aliphatic carboxylic acids is 1. The third-order valence-electron chi connectivity index (χ3n) is 2.52. The summed E-state index contributed by atoms with van der Waals surface area (Å²) >= 11 is 0. The standard InChI is InChI=1S/C10H21NO2/c1-8(2)6-7-11(5)10(3,4)9(12)13/h8H,6-7H2,1-5H3,(H,12,13). The van der Waals surface area contributed by atoms with E-state index in [1.54, 1.807) is 13.8 Å². The number of carboxylic acid groups (broad SMARTS) is 1. The zero-order valence-corrected chi connectivity index (χ0v) is 9.29. The van der Waals surface area contributed by atoms with Crippen molar-refractivity contribution in [3.05, 3.63) is 0 Å². The summed E-state index contributed by atoms with van der Waals surface area (Å²) in [5, 5.41) is 8.94. The van der Waals surface area contributed by atoms with Crippen LogP contribution in [0.1, 0.15) is 34.1 Å². The van der Waals surface area contributed by atoms with Gasteiger partial charge in [-0.25, -0.2) is 0 Å². The first-order valence-electron chi connectivity index (χ1n) is 4.73. The summed E-state index contributed by atoms with van der Waals surface area (Å²) in [4.78, 5) is 12.7. The molecule has 0 saturated heterocycles. The number of carboxylic acids is 1. The van der Waals surface area contributed by atoms with Gasteiger partial charge in [-0.15, -0.1) is 0 Å². The molecule has 0 radical (unpaired) electrons. The Bertz CT molecular complexity index is 176. The minimum atomic E-state index is -0.765. The Morgan fingerprint density at radius 2 is 1.92 bits per heavy atom. The molecule has 0 aromatic carbocycles. The second-order valence-electron chi connectivity index (χ2n) is 4.47. The quantitative estimate of drug-likeness (QED) is 0.713. The lowest BCUT2D eigenvalue weighted by molar-refractivity contribution is -0.148. The topological polar surface area (TPSA) is 40.5 Å². The highest BCUT2D eigenvalue weighted by Gasteiger charge is 2.31. The van der Waals surface area contributed by atoms with Crippen molar-refractivity contribution in [3.63, 3.8) is 0 Å². The number of hydrogen-bond acceptors (Lipinski definition) is 2. The third-order valence-corrected chi connectivity index (χ3v) is 2.52. The molecular formula is C10H21NO2. The van der Waals surface area contributed by atoms with E-state index in [9.17, 15) is 4.79 Å². The number of carbonyl (C=O) groups is 1. The first kappa shape index (κ1) is 12.4. The Kier molecular flexibility index (Phi) is 4.40. The van der Waals surface area contributed by atoms with Crippen molar-refractivity contribution in [3.8, 4) is 0 Å². The fourth-order valence-electron chi connectivity index (χ4n) is 0.895. The molecule has 0 unspecified atom stereocenters. The minimum absolute atomic E-state index is 0.618. The van der Waals surface area contributed by atoms with Crippen LogP contribution in [0.4, 0.5) is 0 Å². The molecular weight excluding hydrogens is 166 g/mol. The van der Waals surface area contributed by atoms with E-state index in [0.29, 0.717) is 5.92 Å². The Labute approximate surface area is 80.7 Å². The summed E-state index contributed by atoms with van der Waals surface area (Å²) in [7, 11) is 1.86. The maximum atomic E-state index is 10.9. The van der Waals surface area contributed by atoms with Crippen molar-refractivity contribution in [1.82, 2.24) is 4.90 Å². The maximum absolute atomic E-state index is 10.9. The van der Waals surface area contributed by atoms with E-state index >= 15 is 0 Å². The lowest BCUT2D eigenvalue weighted by atomic mass is 10.0. The van der Waals surface area contributed by atoms with Crippen LogP contribution in [0.3, 0.4) is 0 Å². The van der Waals surface area contributed by atoms with Crippen LogP contribution < -0.4 is 0 Å². The van der Waals surface area contributed by atoms with Crippen LogP contribution in [-0.4, -0.2) is 35.1 Å². The van der Waals surface area contributed by atoms with Crippen LogP contribution in [0.15, 0.2) is 0 Å². The second-order valence-corrected chi connectivity index (χ2v) is 4.47. The van der Waals surface area contributed by atoms with Gasteiger partial charge < -0.3 is 5.11 Å². The Morgan fingerprint density at radius 3 is 2.23 bits per heavy atom. The van der Waals surface area contributed by atoms with Gasteiger partial charge in [0.15, 0.2) is 0 Å². The number of rotatable bonds is 5. The first-order valence-corrected chi connectivity index (χ1v) is 4.73. The van der Waals surface area contributed by atoms with Gasteiger partial charge in [-0.2, -0.15) is 0 Å². The van der Waals surface area contributed by atoms with Gasteiger partial charge in [-0.1, -0.05) is 13.8 Å². The van der Waals surface area contributed by atoms with Gasteiger partial charge in [0.05, 0.1) is 0 Å². The molecule has 0 aliphatic heterocycles. The largest absolute Gasteiger partial charge is 0.480 e. The fourth-order valence-corrected chi connectivity index (χ4v) is 0.895. The van der Waals surface area contributed by atoms with Crippen LogP contribution in [0.5, 0.6) is 0 Å². The van der Waals surface area contributed by atoms with Crippen molar-refractivity contribution in [1.29, 1.82) is 0 Å². The monoisotopic (exact) mass is 187 g/mol. The molecule has 0 aromatic rings. The normalized spacial score (nSPS) is 12.5. The molecule has 1 N–H and O–H groups in total. The van der Waals surface area contributed by atoms with Crippen LogP contribution >= 0.6 is 0 Å². The maximum Gasteiger partial charge on any atom is 0.323 e. The SMILES string of the molecule is CC(C)CCN(C)C(C)(C)C(=O)O. The molecule has 13 heavy (non-hydrogen) atoms. The minimum Gasteiger partial charge on any atom is -0.480 e. The summed E-state index contributed by atoms with van der Waals surface area (Å²) < 4.78 is 0. The van der Waals surface area contributed by atoms with Gasteiger partial charge in [-0.3, -0.25) is 9.69 Å². The van der Waals surface area contributed by atoms with Crippen LogP contribution in [-0.2, 0) is 4.79 Å². The summed E-state index contributed by atoms with van der Waals surface area (Å²) in [5.74, 6) is -0.147. The summed E-state index contributed by atoms with van der Waals surface area (Å²) in [6, 6.07) is 0. The second kappa shape index (κ2) is 4.61. The van der Waals surface area contributed by atoms with Gasteiger partial charge in [0, 0.05) is 0 Å². The summed E-state index contributed by atoms with van der Waals surface area (Å²) in [5.41, 5.74) is -0.755. The molecule has 3 heteroatoms. The smallest absolute Gasteiger partial charge is 0.323 e. The number of hydrogen-bond donors (Lipinski definition) is 1. The Balaban J connectivity index is 4.09. The molecule has 78 valence electrons. The molecule has 0 amide bonds. The third kappa shape index (κ3) is 3.77. The van der Waals surface area contributed by atoms with Gasteiger partial charge in [0.1, 0.15) is 5.54 Å². The predicted octanol–water partition coefficient (Wildman–Crippen LogP) is 1.83. The number of nitrogens with zero attached hydrogens (tertiary/aromatic N) is 1. The van der Waals surface area contributed by atoms with Crippen molar-refractivity contribution in [2.45, 2.75) is 39.7 Å². The van der Waals surface area contributed by atoms with E-state index in [-0.39, 0.29) is 0 Å². The molecule has 0 spiro atoms. The van der Waals surface area contributed by atoms with E-state index in [1.165, 1.54) is 0 Å².